The summed E-state index contributed by atoms with van der Waals surface area (Å²) in [5.74, 6) is 0.407. The molecule has 2 rings (SSSR count). The molecule has 1 aliphatic heterocycles. The molecule has 1 heterocycles. The summed E-state index contributed by atoms with van der Waals surface area (Å²) < 4.78 is 50.8. The Morgan fingerprint density at radius 2 is 1.90 bits per heavy atom. The number of ether oxygens (including phenoxy) is 3. The van der Waals surface area contributed by atoms with Crippen LogP contribution in [0.3, 0.4) is 0 Å². The van der Waals surface area contributed by atoms with E-state index in [1.807, 2.05) is 0 Å². The Morgan fingerprint density at radius 3 is 2.60 bits per heavy atom. The van der Waals surface area contributed by atoms with Gasteiger partial charge >= 0.3 is 6.18 Å². The molecule has 0 aliphatic carbocycles. The van der Waals surface area contributed by atoms with Crippen LogP contribution in [0.15, 0.2) is 18.2 Å². The normalized spacial score (nSPS) is 14.8. The van der Waals surface area contributed by atoms with Crippen molar-refractivity contribution >= 4 is 5.78 Å². The Morgan fingerprint density at radius 1 is 1.20 bits per heavy atom. The molecule has 1 aromatic rings. The lowest BCUT2D eigenvalue weighted by Crippen LogP contribution is -2.20. The van der Waals surface area contributed by atoms with Crippen LogP contribution in [0.2, 0.25) is 0 Å². The van der Waals surface area contributed by atoms with Crippen molar-refractivity contribution in [3.8, 4) is 11.5 Å². The Hall–Kier alpha value is -1.76. The summed E-state index contributed by atoms with van der Waals surface area (Å²) in [6.07, 6.45) is -3.71. The summed E-state index contributed by atoms with van der Waals surface area (Å²) in [5.41, 5.74) is 0.233. The lowest BCUT2D eigenvalue weighted by atomic mass is 10.1. The number of benzene rings is 1. The molecule has 0 bridgehead atoms. The van der Waals surface area contributed by atoms with Crippen molar-refractivity contribution in [2.24, 2.45) is 0 Å². The third-order valence-electron chi connectivity index (χ3n) is 2.57. The van der Waals surface area contributed by atoms with Crippen LogP contribution >= 0.6 is 0 Å². The van der Waals surface area contributed by atoms with Crippen molar-refractivity contribution in [3.05, 3.63) is 23.8 Å². The van der Waals surface area contributed by atoms with E-state index in [0.29, 0.717) is 24.7 Å². The molecule has 0 saturated carbocycles. The SMILES string of the molecule is O=C(COCC(F)(F)F)c1ccc2c(c1)OCCCO2. The topological polar surface area (TPSA) is 44.8 Å². The fourth-order valence-electron chi connectivity index (χ4n) is 1.68. The van der Waals surface area contributed by atoms with Crippen LogP contribution in [0.1, 0.15) is 16.8 Å². The second-order valence-electron chi connectivity index (χ2n) is 4.24. The smallest absolute Gasteiger partial charge is 0.411 e. The zero-order chi connectivity index (χ0) is 14.6. The molecular formula is C13H13F3O4. The number of hydrogen-bond donors (Lipinski definition) is 0. The maximum atomic E-state index is 11.9. The van der Waals surface area contributed by atoms with Gasteiger partial charge in [-0.1, -0.05) is 0 Å². The summed E-state index contributed by atoms with van der Waals surface area (Å²) in [6.45, 7) is -1.08. The minimum Gasteiger partial charge on any atom is -0.490 e. The number of carbonyl (C=O) groups is 1. The van der Waals surface area contributed by atoms with Gasteiger partial charge in [-0.15, -0.1) is 0 Å². The highest BCUT2D eigenvalue weighted by molar-refractivity contribution is 5.97. The Bertz CT molecular complexity index is 485. The number of carbonyl (C=O) groups excluding carboxylic acids is 1. The van der Waals surface area contributed by atoms with Gasteiger partial charge in [-0.3, -0.25) is 4.79 Å². The summed E-state index contributed by atoms with van der Waals surface area (Å²) in [5, 5.41) is 0. The van der Waals surface area contributed by atoms with E-state index in [9.17, 15) is 18.0 Å². The molecule has 0 radical (unpaired) electrons. The molecule has 7 heteroatoms. The van der Waals surface area contributed by atoms with Gasteiger partial charge in [0.2, 0.25) is 0 Å². The molecule has 0 atom stereocenters. The van der Waals surface area contributed by atoms with Crippen molar-refractivity contribution in [3.63, 3.8) is 0 Å². The van der Waals surface area contributed by atoms with E-state index in [1.54, 1.807) is 6.07 Å². The van der Waals surface area contributed by atoms with Crippen LogP contribution < -0.4 is 9.47 Å². The lowest BCUT2D eigenvalue weighted by molar-refractivity contribution is -0.170. The third kappa shape index (κ3) is 4.12. The molecule has 1 aliphatic rings. The van der Waals surface area contributed by atoms with Crippen LogP contribution in [-0.2, 0) is 4.74 Å². The van der Waals surface area contributed by atoms with Crippen molar-refractivity contribution in [1.82, 2.24) is 0 Å². The quantitative estimate of drug-likeness (QED) is 0.800. The molecule has 0 unspecified atom stereocenters. The average Bonchev–Trinajstić information content (AvgIpc) is 2.61. The summed E-state index contributed by atoms with van der Waals surface area (Å²) in [6, 6.07) is 4.50. The van der Waals surface area contributed by atoms with E-state index in [0.717, 1.165) is 6.42 Å². The van der Waals surface area contributed by atoms with E-state index in [1.165, 1.54) is 12.1 Å². The van der Waals surface area contributed by atoms with E-state index in [4.69, 9.17) is 9.47 Å². The third-order valence-corrected chi connectivity index (χ3v) is 2.57. The van der Waals surface area contributed by atoms with Crippen molar-refractivity contribution < 1.29 is 32.2 Å². The van der Waals surface area contributed by atoms with Crippen molar-refractivity contribution in [2.75, 3.05) is 26.4 Å². The zero-order valence-corrected chi connectivity index (χ0v) is 10.5. The van der Waals surface area contributed by atoms with E-state index in [2.05, 4.69) is 4.74 Å². The first-order chi connectivity index (χ1) is 9.46. The van der Waals surface area contributed by atoms with Gasteiger partial charge in [0, 0.05) is 12.0 Å². The zero-order valence-electron chi connectivity index (χ0n) is 10.5. The molecule has 0 spiro atoms. The molecule has 0 N–H and O–H groups in total. The van der Waals surface area contributed by atoms with Crippen LogP contribution in [0.4, 0.5) is 13.2 Å². The van der Waals surface area contributed by atoms with Crippen LogP contribution in [0, 0.1) is 0 Å². The van der Waals surface area contributed by atoms with Crippen molar-refractivity contribution in [2.45, 2.75) is 12.6 Å². The number of fused-ring (bicyclic) bond motifs is 1. The van der Waals surface area contributed by atoms with Gasteiger partial charge in [0.05, 0.1) is 13.2 Å². The molecular weight excluding hydrogens is 277 g/mol. The predicted molar refractivity (Wildman–Crippen MR) is 63.3 cm³/mol. The largest absolute Gasteiger partial charge is 0.490 e. The average molecular weight is 290 g/mol. The van der Waals surface area contributed by atoms with Gasteiger partial charge < -0.3 is 14.2 Å². The van der Waals surface area contributed by atoms with Gasteiger partial charge in [-0.25, -0.2) is 0 Å². The molecule has 110 valence electrons. The minimum atomic E-state index is -4.44. The van der Waals surface area contributed by atoms with Gasteiger partial charge in [0.1, 0.15) is 13.2 Å². The number of ketones is 1. The minimum absolute atomic E-state index is 0.233. The first kappa shape index (κ1) is 14.6. The highest BCUT2D eigenvalue weighted by Crippen LogP contribution is 2.30. The number of Topliss-reactive ketones (excluding diaryl/α,β-unsaturated/α-hetero) is 1. The van der Waals surface area contributed by atoms with Gasteiger partial charge in [-0.05, 0) is 18.2 Å². The van der Waals surface area contributed by atoms with E-state index in [-0.39, 0.29) is 5.56 Å². The Labute approximate surface area is 113 Å². The summed E-state index contributed by atoms with van der Waals surface area (Å²) >= 11 is 0. The first-order valence-corrected chi connectivity index (χ1v) is 6.03. The van der Waals surface area contributed by atoms with Crippen LogP contribution in [0.5, 0.6) is 11.5 Å². The van der Waals surface area contributed by atoms with Crippen molar-refractivity contribution in [1.29, 1.82) is 0 Å². The maximum absolute atomic E-state index is 11.9. The molecule has 20 heavy (non-hydrogen) atoms. The second kappa shape index (κ2) is 6.13. The highest BCUT2D eigenvalue weighted by Gasteiger charge is 2.28. The summed E-state index contributed by atoms with van der Waals surface area (Å²) in [7, 11) is 0. The highest BCUT2D eigenvalue weighted by atomic mass is 19.4. The van der Waals surface area contributed by atoms with E-state index >= 15 is 0 Å². The van der Waals surface area contributed by atoms with Crippen LogP contribution in [0.25, 0.3) is 0 Å². The first-order valence-electron chi connectivity index (χ1n) is 6.03. The number of hydrogen-bond acceptors (Lipinski definition) is 4. The Balaban J connectivity index is 1.98. The van der Waals surface area contributed by atoms with Gasteiger partial charge in [0.15, 0.2) is 17.3 Å². The number of rotatable bonds is 4. The standard InChI is InChI=1S/C13H13F3O4/c14-13(15,16)8-18-7-10(17)9-2-3-11-12(6-9)20-5-1-4-19-11/h2-3,6H,1,4-5,7-8H2. The van der Waals surface area contributed by atoms with Crippen LogP contribution in [-0.4, -0.2) is 38.4 Å². The Kier molecular flexibility index (Phi) is 4.49. The van der Waals surface area contributed by atoms with E-state index < -0.39 is 25.2 Å². The molecule has 1 aromatic carbocycles. The molecule has 0 aromatic heterocycles. The lowest BCUT2D eigenvalue weighted by Gasteiger charge is -2.10. The molecule has 0 fully saturated rings. The van der Waals surface area contributed by atoms with Gasteiger partial charge in [0.25, 0.3) is 0 Å². The fraction of sp³-hybridized carbons (Fsp3) is 0.462. The number of alkyl halides is 3. The second-order valence-corrected chi connectivity index (χ2v) is 4.24. The van der Waals surface area contributed by atoms with Gasteiger partial charge in [-0.2, -0.15) is 13.2 Å². The molecule has 0 amide bonds. The molecule has 4 nitrogen and oxygen atoms in total. The maximum Gasteiger partial charge on any atom is 0.411 e. The predicted octanol–water partition coefficient (Wildman–Crippen LogP) is 2.61. The molecule has 0 saturated heterocycles. The monoisotopic (exact) mass is 290 g/mol. The number of halogens is 3. The fourth-order valence-corrected chi connectivity index (χ4v) is 1.68. The summed E-state index contributed by atoms with van der Waals surface area (Å²) in [4.78, 5) is 11.7.